The summed E-state index contributed by atoms with van der Waals surface area (Å²) < 4.78 is 0.748. The Morgan fingerprint density at radius 1 is 1.31 bits per heavy atom. The molecule has 16 heavy (non-hydrogen) atoms. The average Bonchev–Trinajstić information content (AvgIpc) is 2.27. The van der Waals surface area contributed by atoms with Gasteiger partial charge in [0, 0.05) is 9.97 Å². The fourth-order valence-corrected chi connectivity index (χ4v) is 2.52. The highest BCUT2D eigenvalue weighted by Gasteiger charge is 2.23. The van der Waals surface area contributed by atoms with Crippen LogP contribution in [0.4, 0.5) is 0 Å². The molecule has 0 unspecified atom stereocenters. The van der Waals surface area contributed by atoms with Crippen LogP contribution in [0, 0.1) is 5.92 Å². The minimum Gasteiger partial charge on any atom is -0.303 e. The molecule has 1 nitrogen and oxygen atoms in total. The second-order valence-electron chi connectivity index (χ2n) is 4.68. The highest BCUT2D eigenvalue weighted by atomic mass is 127. The molecule has 0 aliphatic carbocycles. The minimum absolute atomic E-state index is 0.738. The maximum atomic E-state index is 2.56. The molecule has 0 saturated heterocycles. The highest BCUT2D eigenvalue weighted by molar-refractivity contribution is 14.1. The Labute approximate surface area is 116 Å². The van der Waals surface area contributed by atoms with Gasteiger partial charge in [-0.3, -0.25) is 0 Å². The van der Waals surface area contributed by atoms with Gasteiger partial charge in [-0.15, -0.1) is 0 Å². The van der Waals surface area contributed by atoms with E-state index in [9.17, 15) is 0 Å². The van der Waals surface area contributed by atoms with Crippen LogP contribution in [0.15, 0.2) is 12.2 Å². The lowest BCUT2D eigenvalue weighted by molar-refractivity contribution is 0.180. The molecule has 0 rings (SSSR count). The van der Waals surface area contributed by atoms with E-state index in [2.05, 4.69) is 74.4 Å². The molecule has 0 heterocycles. The molecular weight excluding hydrogens is 309 g/mol. The molecule has 0 spiro atoms. The zero-order valence-electron chi connectivity index (χ0n) is 11.5. The topological polar surface area (TPSA) is 3.24 Å². The molecule has 0 saturated carbocycles. The van der Waals surface area contributed by atoms with Crippen molar-refractivity contribution in [3.05, 3.63) is 12.2 Å². The zero-order chi connectivity index (χ0) is 12.6. The average molecular weight is 337 g/mol. The molecule has 0 fully saturated rings. The zero-order valence-corrected chi connectivity index (χ0v) is 13.7. The van der Waals surface area contributed by atoms with E-state index in [1.165, 1.54) is 19.3 Å². The van der Waals surface area contributed by atoms with Crippen LogP contribution in [-0.2, 0) is 0 Å². The Hall–Kier alpha value is 0.430. The maximum absolute atomic E-state index is 2.56. The van der Waals surface area contributed by atoms with Gasteiger partial charge in [0.2, 0.25) is 0 Å². The van der Waals surface area contributed by atoms with Crippen molar-refractivity contribution in [3.63, 3.8) is 0 Å². The lowest BCUT2D eigenvalue weighted by atomic mass is 9.93. The quantitative estimate of drug-likeness (QED) is 0.273. The minimum atomic E-state index is 0.738. The van der Waals surface area contributed by atoms with Crippen LogP contribution in [-0.4, -0.2) is 28.5 Å². The number of nitrogens with zero attached hydrogens (tertiary/aromatic N) is 1. The summed E-state index contributed by atoms with van der Waals surface area (Å²) >= 11 is 2.56. The van der Waals surface area contributed by atoms with E-state index in [1.807, 2.05) is 0 Å². The predicted octanol–water partition coefficient (Wildman–Crippen LogP) is 4.51. The Morgan fingerprint density at radius 3 is 2.38 bits per heavy atom. The van der Waals surface area contributed by atoms with E-state index in [0.717, 1.165) is 22.4 Å². The summed E-state index contributed by atoms with van der Waals surface area (Å²) in [7, 11) is 2.26. The molecule has 0 aromatic heterocycles. The maximum Gasteiger partial charge on any atom is 0.0128 e. The van der Waals surface area contributed by atoms with Crippen LogP contribution in [0.3, 0.4) is 0 Å². The third-order valence-electron chi connectivity index (χ3n) is 3.50. The lowest BCUT2D eigenvalue weighted by Gasteiger charge is -2.33. The van der Waals surface area contributed by atoms with E-state index < -0.39 is 0 Å². The summed E-state index contributed by atoms with van der Waals surface area (Å²) in [5.74, 6) is 0.774. The van der Waals surface area contributed by atoms with Crippen molar-refractivity contribution in [3.8, 4) is 0 Å². The number of unbranched alkanes of at least 4 members (excludes halogenated alkanes) is 1. The predicted molar refractivity (Wildman–Crippen MR) is 83.4 cm³/mol. The fraction of sp³-hybridized carbons (Fsp3) is 0.857. The Balaban J connectivity index is 4.20. The van der Waals surface area contributed by atoms with Gasteiger partial charge in [0.1, 0.15) is 0 Å². The molecular formula is C14H28IN. The van der Waals surface area contributed by atoms with Crippen molar-refractivity contribution in [2.24, 2.45) is 5.92 Å². The molecule has 0 bridgehead atoms. The number of hydrogen-bond donors (Lipinski definition) is 0. The first-order chi connectivity index (χ1) is 7.54. The van der Waals surface area contributed by atoms with Crippen molar-refractivity contribution in [2.75, 3.05) is 13.6 Å². The van der Waals surface area contributed by atoms with Crippen molar-refractivity contribution in [2.45, 2.75) is 56.9 Å². The van der Waals surface area contributed by atoms with Gasteiger partial charge >= 0.3 is 0 Å². The van der Waals surface area contributed by atoms with Crippen LogP contribution >= 0.6 is 22.6 Å². The smallest absolute Gasteiger partial charge is 0.0128 e. The third-order valence-corrected chi connectivity index (χ3v) is 4.64. The van der Waals surface area contributed by atoms with Crippen LogP contribution in [0.1, 0.15) is 47.0 Å². The molecule has 2 heteroatoms. The second kappa shape index (κ2) is 9.46. The molecule has 3 atom stereocenters. The SMILES string of the molecule is C/C=C\CCC[C@@H]([C@@H](C)[C@@H](C)I)N(C)CC. The van der Waals surface area contributed by atoms with E-state index in [-0.39, 0.29) is 0 Å². The van der Waals surface area contributed by atoms with Gasteiger partial charge in [-0.05, 0) is 45.7 Å². The molecule has 0 amide bonds. The molecule has 0 aromatic carbocycles. The summed E-state index contributed by atoms with van der Waals surface area (Å²) in [4.78, 5) is 2.51. The lowest BCUT2D eigenvalue weighted by Crippen LogP contribution is -2.39. The number of allylic oxidation sites excluding steroid dienone is 2. The largest absolute Gasteiger partial charge is 0.303 e. The van der Waals surface area contributed by atoms with Gasteiger partial charge in [0.05, 0.1) is 0 Å². The summed E-state index contributed by atoms with van der Waals surface area (Å²) in [5.41, 5.74) is 0. The molecule has 0 radical (unpaired) electrons. The Kier molecular flexibility index (Phi) is 9.71. The van der Waals surface area contributed by atoms with Gasteiger partial charge in [-0.25, -0.2) is 0 Å². The molecule has 96 valence electrons. The first-order valence-electron chi connectivity index (χ1n) is 6.50. The van der Waals surface area contributed by atoms with Gasteiger partial charge in [0.25, 0.3) is 0 Å². The van der Waals surface area contributed by atoms with Crippen LogP contribution in [0.5, 0.6) is 0 Å². The summed E-state index contributed by atoms with van der Waals surface area (Å²) in [6, 6.07) is 0.738. The van der Waals surface area contributed by atoms with Crippen molar-refractivity contribution < 1.29 is 0 Å². The van der Waals surface area contributed by atoms with Gasteiger partial charge in [-0.2, -0.15) is 0 Å². The number of alkyl halides is 1. The van der Waals surface area contributed by atoms with Gasteiger partial charge in [0.15, 0.2) is 0 Å². The summed E-state index contributed by atoms with van der Waals surface area (Å²) in [5, 5.41) is 0. The number of hydrogen-bond acceptors (Lipinski definition) is 1. The first-order valence-corrected chi connectivity index (χ1v) is 7.74. The van der Waals surface area contributed by atoms with Crippen molar-refractivity contribution in [1.82, 2.24) is 4.90 Å². The monoisotopic (exact) mass is 337 g/mol. The normalized spacial score (nSPS) is 17.9. The van der Waals surface area contributed by atoms with Crippen molar-refractivity contribution in [1.29, 1.82) is 0 Å². The second-order valence-corrected chi connectivity index (χ2v) is 6.64. The van der Waals surface area contributed by atoms with Gasteiger partial charge in [-0.1, -0.05) is 55.5 Å². The molecule has 0 aliphatic rings. The summed E-state index contributed by atoms with van der Waals surface area (Å²) in [6.07, 6.45) is 8.30. The molecule has 0 aliphatic heterocycles. The van der Waals surface area contributed by atoms with Crippen LogP contribution in [0.2, 0.25) is 0 Å². The van der Waals surface area contributed by atoms with E-state index in [0.29, 0.717) is 0 Å². The van der Waals surface area contributed by atoms with Crippen LogP contribution in [0.25, 0.3) is 0 Å². The molecule has 0 aromatic rings. The third kappa shape index (κ3) is 6.24. The standard InChI is InChI=1S/C14H28IN/c1-6-8-9-10-11-14(16(5)7-2)12(3)13(4)15/h6,8,12-14H,7,9-11H2,1-5H3/b8-6-/t12-,13+,14-/m0/s1. The fourth-order valence-electron chi connectivity index (χ4n) is 2.04. The Bertz CT molecular complexity index is 189. The van der Waals surface area contributed by atoms with Crippen molar-refractivity contribution >= 4 is 22.6 Å². The van der Waals surface area contributed by atoms with E-state index >= 15 is 0 Å². The molecule has 0 N–H and O–H groups in total. The number of halogens is 1. The summed E-state index contributed by atoms with van der Waals surface area (Å²) in [6.45, 7) is 10.2. The first kappa shape index (κ1) is 16.4. The van der Waals surface area contributed by atoms with E-state index in [4.69, 9.17) is 0 Å². The van der Waals surface area contributed by atoms with Gasteiger partial charge < -0.3 is 4.90 Å². The Morgan fingerprint density at radius 2 is 1.94 bits per heavy atom. The van der Waals surface area contributed by atoms with E-state index in [1.54, 1.807) is 0 Å². The van der Waals surface area contributed by atoms with Crippen LogP contribution < -0.4 is 0 Å². The highest BCUT2D eigenvalue weighted by Crippen LogP contribution is 2.23. The number of rotatable bonds is 8.